The highest BCUT2D eigenvalue weighted by Crippen LogP contribution is 1.85. The van der Waals surface area contributed by atoms with Crippen LogP contribution in [0.3, 0.4) is 0 Å². The molecule has 0 heterocycles. The summed E-state index contributed by atoms with van der Waals surface area (Å²) in [5.41, 5.74) is 0. The predicted octanol–water partition coefficient (Wildman–Crippen LogP) is 1.57. The summed E-state index contributed by atoms with van der Waals surface area (Å²) in [6.45, 7) is 0.753. The molecule has 68 valence electrons. The van der Waals surface area contributed by atoms with Gasteiger partial charge in [-0.15, -0.1) is 0 Å². The van der Waals surface area contributed by atoms with Gasteiger partial charge in [0.2, 0.25) is 0 Å². The average molecular weight is 234 g/mol. The SMILES string of the molecule is COC(=O)C/C=C\C=NCCBr. The average Bonchev–Trinajstić information content (AvgIpc) is 2.10. The summed E-state index contributed by atoms with van der Waals surface area (Å²) in [5, 5.41) is 0.855. The van der Waals surface area contributed by atoms with E-state index in [1.54, 1.807) is 18.4 Å². The molecule has 0 amide bonds. The molecule has 0 saturated carbocycles. The van der Waals surface area contributed by atoms with E-state index in [1.165, 1.54) is 7.11 Å². The van der Waals surface area contributed by atoms with Gasteiger partial charge in [0.05, 0.1) is 13.5 Å². The van der Waals surface area contributed by atoms with Crippen LogP contribution in [0.4, 0.5) is 0 Å². The number of carbonyl (C=O) groups is 1. The van der Waals surface area contributed by atoms with E-state index in [9.17, 15) is 4.79 Å². The van der Waals surface area contributed by atoms with E-state index in [0.717, 1.165) is 11.9 Å². The van der Waals surface area contributed by atoms with Crippen molar-refractivity contribution in [3.63, 3.8) is 0 Å². The van der Waals surface area contributed by atoms with Crippen LogP contribution in [-0.2, 0) is 9.53 Å². The number of halogens is 1. The highest BCUT2D eigenvalue weighted by molar-refractivity contribution is 9.09. The zero-order valence-corrected chi connectivity index (χ0v) is 8.58. The predicted molar refractivity (Wildman–Crippen MR) is 52.9 cm³/mol. The maximum Gasteiger partial charge on any atom is 0.309 e. The van der Waals surface area contributed by atoms with Crippen LogP contribution < -0.4 is 0 Å². The van der Waals surface area contributed by atoms with Gasteiger partial charge in [0.25, 0.3) is 0 Å². The number of hydrogen-bond donors (Lipinski definition) is 0. The Morgan fingerprint density at radius 1 is 1.67 bits per heavy atom. The largest absolute Gasteiger partial charge is 0.469 e. The van der Waals surface area contributed by atoms with Gasteiger partial charge in [-0.2, -0.15) is 0 Å². The van der Waals surface area contributed by atoms with E-state index in [1.807, 2.05) is 0 Å². The van der Waals surface area contributed by atoms with Gasteiger partial charge in [-0.25, -0.2) is 0 Å². The molecular weight excluding hydrogens is 222 g/mol. The van der Waals surface area contributed by atoms with Crippen LogP contribution in [0.1, 0.15) is 6.42 Å². The number of carbonyl (C=O) groups excluding carboxylic acids is 1. The molecular formula is C8H12BrNO2. The molecule has 0 bridgehead atoms. The second-order valence-corrected chi connectivity index (χ2v) is 2.75. The quantitative estimate of drug-likeness (QED) is 0.411. The molecule has 0 fully saturated rings. The molecule has 0 atom stereocenters. The Morgan fingerprint density at radius 2 is 2.42 bits per heavy atom. The molecule has 0 radical (unpaired) electrons. The summed E-state index contributed by atoms with van der Waals surface area (Å²) in [6.07, 6.45) is 5.42. The van der Waals surface area contributed by atoms with Crippen molar-refractivity contribution < 1.29 is 9.53 Å². The Kier molecular flexibility index (Phi) is 8.01. The van der Waals surface area contributed by atoms with Gasteiger partial charge in [0.15, 0.2) is 0 Å². The molecule has 0 saturated heterocycles. The molecule has 0 rings (SSSR count). The van der Waals surface area contributed by atoms with Crippen molar-refractivity contribution in [2.24, 2.45) is 4.99 Å². The minimum atomic E-state index is -0.236. The summed E-state index contributed by atoms with van der Waals surface area (Å²) >= 11 is 3.24. The maximum atomic E-state index is 10.6. The number of rotatable bonds is 5. The number of alkyl halides is 1. The Balaban J connectivity index is 3.42. The van der Waals surface area contributed by atoms with Crippen LogP contribution in [0.25, 0.3) is 0 Å². The van der Waals surface area contributed by atoms with Crippen molar-refractivity contribution in [1.29, 1.82) is 0 Å². The number of ether oxygens (including phenoxy) is 1. The molecule has 3 nitrogen and oxygen atoms in total. The van der Waals surface area contributed by atoms with E-state index >= 15 is 0 Å². The minimum Gasteiger partial charge on any atom is -0.469 e. The monoisotopic (exact) mass is 233 g/mol. The van der Waals surface area contributed by atoms with Crippen LogP contribution in [0.2, 0.25) is 0 Å². The Labute approximate surface area is 80.6 Å². The smallest absolute Gasteiger partial charge is 0.309 e. The lowest BCUT2D eigenvalue weighted by Crippen LogP contribution is -1.96. The summed E-state index contributed by atoms with van der Waals surface area (Å²) in [4.78, 5) is 14.6. The van der Waals surface area contributed by atoms with E-state index in [-0.39, 0.29) is 5.97 Å². The van der Waals surface area contributed by atoms with E-state index in [4.69, 9.17) is 0 Å². The van der Waals surface area contributed by atoms with Crippen molar-refractivity contribution in [3.05, 3.63) is 12.2 Å². The first-order valence-electron chi connectivity index (χ1n) is 3.59. The molecule has 0 aliphatic rings. The number of aliphatic imine (C=N–C) groups is 1. The number of hydrogen-bond acceptors (Lipinski definition) is 3. The summed E-state index contributed by atoms with van der Waals surface area (Å²) in [6, 6.07) is 0. The normalized spacial score (nSPS) is 11.2. The Morgan fingerprint density at radius 3 is 3.00 bits per heavy atom. The van der Waals surface area contributed by atoms with Crippen molar-refractivity contribution in [1.82, 2.24) is 0 Å². The minimum absolute atomic E-state index is 0.236. The van der Waals surface area contributed by atoms with Crippen LogP contribution >= 0.6 is 15.9 Å². The van der Waals surface area contributed by atoms with Gasteiger partial charge in [0.1, 0.15) is 0 Å². The number of nitrogens with zero attached hydrogens (tertiary/aromatic N) is 1. The Bertz CT molecular complexity index is 178. The highest BCUT2D eigenvalue weighted by atomic mass is 79.9. The highest BCUT2D eigenvalue weighted by Gasteiger charge is 1.91. The lowest BCUT2D eigenvalue weighted by atomic mass is 10.4. The Hall–Kier alpha value is -0.640. The second-order valence-electron chi connectivity index (χ2n) is 1.95. The van der Waals surface area contributed by atoms with Gasteiger partial charge < -0.3 is 4.74 Å². The third-order valence-corrected chi connectivity index (χ3v) is 1.41. The van der Waals surface area contributed by atoms with Crippen molar-refractivity contribution >= 4 is 28.1 Å². The molecule has 0 N–H and O–H groups in total. The van der Waals surface area contributed by atoms with E-state index in [2.05, 4.69) is 25.7 Å². The fraction of sp³-hybridized carbons (Fsp3) is 0.500. The van der Waals surface area contributed by atoms with Gasteiger partial charge >= 0.3 is 5.97 Å². The number of esters is 1. The van der Waals surface area contributed by atoms with Crippen LogP contribution in [-0.4, -0.2) is 31.2 Å². The number of allylic oxidation sites excluding steroid dienone is 1. The topological polar surface area (TPSA) is 38.7 Å². The third kappa shape index (κ3) is 7.47. The zero-order chi connectivity index (χ0) is 9.23. The standard InChI is InChI=1S/C8H12BrNO2/c1-12-8(11)4-2-3-6-10-7-5-9/h2-3,6H,4-5,7H2,1H3/b3-2-,10-6?. The molecule has 0 unspecified atom stereocenters. The van der Waals surface area contributed by atoms with Crippen molar-refractivity contribution in [3.8, 4) is 0 Å². The van der Waals surface area contributed by atoms with Crippen LogP contribution in [0.15, 0.2) is 17.1 Å². The molecule has 0 aromatic rings. The van der Waals surface area contributed by atoms with Crippen LogP contribution in [0, 0.1) is 0 Å². The molecule has 4 heteroatoms. The fourth-order valence-corrected chi connectivity index (χ4v) is 0.697. The second kappa shape index (κ2) is 8.46. The maximum absolute atomic E-state index is 10.6. The molecule has 0 aromatic carbocycles. The first-order chi connectivity index (χ1) is 5.81. The molecule has 12 heavy (non-hydrogen) atoms. The summed E-state index contributed by atoms with van der Waals surface area (Å²) in [5.74, 6) is -0.236. The van der Waals surface area contributed by atoms with Gasteiger partial charge in [-0.05, 0) is 6.08 Å². The molecule has 0 aliphatic heterocycles. The van der Waals surface area contributed by atoms with E-state index in [0.29, 0.717) is 6.42 Å². The van der Waals surface area contributed by atoms with Gasteiger partial charge in [-0.3, -0.25) is 9.79 Å². The van der Waals surface area contributed by atoms with Crippen molar-refractivity contribution in [2.45, 2.75) is 6.42 Å². The first kappa shape index (κ1) is 11.4. The number of methoxy groups -OCH3 is 1. The molecule has 0 aromatic heterocycles. The lowest BCUT2D eigenvalue weighted by molar-refractivity contribution is -0.139. The van der Waals surface area contributed by atoms with Crippen LogP contribution in [0.5, 0.6) is 0 Å². The van der Waals surface area contributed by atoms with Crippen molar-refractivity contribution in [2.75, 3.05) is 19.0 Å². The zero-order valence-electron chi connectivity index (χ0n) is 7.00. The van der Waals surface area contributed by atoms with Gasteiger partial charge in [-0.1, -0.05) is 22.0 Å². The first-order valence-corrected chi connectivity index (χ1v) is 4.71. The fourth-order valence-electron chi connectivity index (χ4n) is 0.493. The lowest BCUT2D eigenvalue weighted by Gasteiger charge is -1.90. The third-order valence-electron chi connectivity index (χ3n) is 1.05. The summed E-state index contributed by atoms with van der Waals surface area (Å²) < 4.78 is 4.44. The van der Waals surface area contributed by atoms with E-state index < -0.39 is 0 Å². The molecule has 0 aliphatic carbocycles. The van der Waals surface area contributed by atoms with Gasteiger partial charge in [0, 0.05) is 18.1 Å². The summed E-state index contributed by atoms with van der Waals surface area (Å²) in [7, 11) is 1.37. The molecule has 0 spiro atoms.